The number of sulfonamides is 1. The third-order valence-electron chi connectivity index (χ3n) is 4.38. The lowest BCUT2D eigenvalue weighted by Gasteiger charge is -2.30. The Morgan fingerprint density at radius 3 is 2.41 bits per heavy atom. The molecule has 1 aliphatic rings. The summed E-state index contributed by atoms with van der Waals surface area (Å²) in [5.41, 5.74) is 1.32. The van der Waals surface area contributed by atoms with Gasteiger partial charge in [0.25, 0.3) is 10.0 Å². The van der Waals surface area contributed by atoms with E-state index in [9.17, 15) is 8.42 Å². The van der Waals surface area contributed by atoms with Gasteiger partial charge in [0.05, 0.1) is 42.7 Å². The van der Waals surface area contributed by atoms with Crippen molar-refractivity contribution in [2.45, 2.75) is 18.7 Å². The largest absolute Gasteiger partial charge is 0.490 e. The van der Waals surface area contributed by atoms with Gasteiger partial charge in [-0.3, -0.25) is 4.72 Å². The lowest BCUT2D eigenvalue weighted by molar-refractivity contribution is 0.123. The van der Waals surface area contributed by atoms with Crippen LogP contribution in [0.15, 0.2) is 45.8 Å². The number of rotatable bonds is 8. The van der Waals surface area contributed by atoms with E-state index in [-0.39, 0.29) is 4.90 Å². The molecule has 2 aromatic carbocycles. The van der Waals surface area contributed by atoms with Gasteiger partial charge in [0.2, 0.25) is 0 Å². The van der Waals surface area contributed by atoms with E-state index < -0.39 is 10.0 Å². The van der Waals surface area contributed by atoms with Crippen LogP contribution < -0.4 is 19.1 Å². The first-order valence-corrected chi connectivity index (χ1v) is 11.8. The van der Waals surface area contributed by atoms with Crippen molar-refractivity contribution in [2.24, 2.45) is 0 Å². The molecule has 0 atom stereocenters. The molecule has 0 aromatic heterocycles. The fourth-order valence-corrected chi connectivity index (χ4v) is 4.51. The normalized spacial score (nSPS) is 14.5. The van der Waals surface area contributed by atoms with Gasteiger partial charge in [-0.15, -0.1) is 0 Å². The molecule has 1 N–H and O–H groups in total. The van der Waals surface area contributed by atoms with Crippen LogP contribution in [0.3, 0.4) is 0 Å². The molecule has 0 saturated carbocycles. The Balaban J connectivity index is 1.93. The molecule has 1 aliphatic heterocycles. The summed E-state index contributed by atoms with van der Waals surface area (Å²) in [6.07, 6.45) is 0. The van der Waals surface area contributed by atoms with Crippen LogP contribution in [0.25, 0.3) is 0 Å². The monoisotopic (exact) mass is 484 g/mol. The number of anilines is 2. The van der Waals surface area contributed by atoms with Crippen molar-refractivity contribution < 1.29 is 22.6 Å². The third kappa shape index (κ3) is 5.34. The Morgan fingerprint density at radius 1 is 1.03 bits per heavy atom. The molecule has 7 nitrogen and oxygen atoms in total. The minimum atomic E-state index is -3.83. The van der Waals surface area contributed by atoms with E-state index in [4.69, 9.17) is 14.2 Å². The van der Waals surface area contributed by atoms with Crippen molar-refractivity contribution in [3.8, 4) is 11.5 Å². The van der Waals surface area contributed by atoms with Crippen LogP contribution in [0.1, 0.15) is 13.8 Å². The van der Waals surface area contributed by atoms with Gasteiger partial charge in [0, 0.05) is 23.6 Å². The van der Waals surface area contributed by atoms with Crippen LogP contribution >= 0.6 is 15.9 Å². The average molecular weight is 485 g/mol. The van der Waals surface area contributed by atoms with E-state index in [2.05, 4.69) is 25.6 Å². The number of ether oxygens (including phenoxy) is 3. The van der Waals surface area contributed by atoms with Gasteiger partial charge >= 0.3 is 0 Å². The zero-order valence-electron chi connectivity index (χ0n) is 16.5. The molecule has 0 amide bonds. The number of halogens is 1. The van der Waals surface area contributed by atoms with Gasteiger partial charge in [-0.2, -0.15) is 0 Å². The van der Waals surface area contributed by atoms with E-state index in [0.717, 1.165) is 10.2 Å². The molecule has 29 heavy (non-hydrogen) atoms. The number of nitrogens with zero attached hydrogens (tertiary/aromatic N) is 1. The molecular formula is C20H25BrN2O5S. The Hall–Kier alpha value is -1.97. The second kappa shape index (κ2) is 9.69. The van der Waals surface area contributed by atoms with Gasteiger partial charge in [0.1, 0.15) is 0 Å². The van der Waals surface area contributed by atoms with Crippen molar-refractivity contribution in [1.29, 1.82) is 0 Å². The fourth-order valence-electron chi connectivity index (χ4n) is 3.07. The number of nitrogens with one attached hydrogen (secondary N) is 1. The summed E-state index contributed by atoms with van der Waals surface area (Å²) in [6, 6.07) is 10.2. The molecule has 0 bridgehead atoms. The number of benzene rings is 2. The number of morpholine rings is 1. The molecule has 0 unspecified atom stereocenters. The average Bonchev–Trinajstić information content (AvgIpc) is 2.70. The Kier molecular flexibility index (Phi) is 7.26. The highest BCUT2D eigenvalue weighted by Crippen LogP contribution is 2.34. The van der Waals surface area contributed by atoms with Crippen LogP contribution in [-0.2, 0) is 14.8 Å². The molecule has 0 spiro atoms. The highest BCUT2D eigenvalue weighted by molar-refractivity contribution is 9.10. The van der Waals surface area contributed by atoms with Crippen molar-refractivity contribution in [3.05, 3.63) is 40.9 Å². The fraction of sp³-hybridized carbons (Fsp3) is 0.400. The van der Waals surface area contributed by atoms with Gasteiger partial charge in [0.15, 0.2) is 11.5 Å². The smallest absolute Gasteiger partial charge is 0.262 e. The minimum absolute atomic E-state index is 0.109. The summed E-state index contributed by atoms with van der Waals surface area (Å²) in [7, 11) is -3.83. The number of hydrogen-bond acceptors (Lipinski definition) is 6. The van der Waals surface area contributed by atoms with Crippen molar-refractivity contribution >= 4 is 37.3 Å². The maximum atomic E-state index is 13.1. The molecule has 9 heteroatoms. The Bertz CT molecular complexity index is 946. The minimum Gasteiger partial charge on any atom is -0.490 e. The van der Waals surface area contributed by atoms with E-state index in [0.29, 0.717) is 56.7 Å². The summed E-state index contributed by atoms with van der Waals surface area (Å²) in [5.74, 6) is 0.921. The zero-order chi connectivity index (χ0) is 20.9. The first-order chi connectivity index (χ1) is 13.9. The molecule has 158 valence electrons. The number of hydrogen-bond donors (Lipinski definition) is 1. The van der Waals surface area contributed by atoms with Crippen molar-refractivity contribution in [3.63, 3.8) is 0 Å². The van der Waals surface area contributed by atoms with Gasteiger partial charge in [-0.25, -0.2) is 8.42 Å². The second-order valence-corrected chi connectivity index (χ2v) is 8.94. The molecule has 3 rings (SSSR count). The summed E-state index contributed by atoms with van der Waals surface area (Å²) in [6.45, 7) is 7.20. The molecule has 0 radical (unpaired) electrons. The van der Waals surface area contributed by atoms with E-state index in [1.54, 1.807) is 12.1 Å². The first-order valence-electron chi connectivity index (χ1n) is 9.49. The standard InChI is InChI=1S/C20H25BrN2O5S/c1-3-27-19-8-6-16(14-20(19)28-4-2)29(24,25)22-17-13-15(21)5-7-18(17)23-9-11-26-12-10-23/h5-8,13-14,22H,3-4,9-12H2,1-2H3. The van der Waals surface area contributed by atoms with Crippen LogP contribution in [0.5, 0.6) is 11.5 Å². The summed E-state index contributed by atoms with van der Waals surface area (Å²) in [4.78, 5) is 2.22. The molecule has 1 saturated heterocycles. The van der Waals surface area contributed by atoms with Crippen LogP contribution in [0.2, 0.25) is 0 Å². The SMILES string of the molecule is CCOc1ccc(S(=O)(=O)Nc2cc(Br)ccc2N2CCOCC2)cc1OCC. The maximum Gasteiger partial charge on any atom is 0.262 e. The molecular weight excluding hydrogens is 460 g/mol. The molecule has 2 aromatic rings. The van der Waals surface area contributed by atoms with E-state index in [1.807, 2.05) is 26.0 Å². The van der Waals surface area contributed by atoms with Gasteiger partial charge in [-0.1, -0.05) is 15.9 Å². The van der Waals surface area contributed by atoms with Crippen LogP contribution in [0, 0.1) is 0 Å². The van der Waals surface area contributed by atoms with Gasteiger partial charge in [-0.05, 0) is 44.2 Å². The van der Waals surface area contributed by atoms with Crippen LogP contribution in [0.4, 0.5) is 11.4 Å². The predicted octanol–water partition coefficient (Wildman–Crippen LogP) is 3.88. The lowest BCUT2D eigenvalue weighted by atomic mass is 10.2. The summed E-state index contributed by atoms with van der Waals surface area (Å²) in [5, 5.41) is 0. The topological polar surface area (TPSA) is 77.1 Å². The third-order valence-corrected chi connectivity index (χ3v) is 6.24. The highest BCUT2D eigenvalue weighted by atomic mass is 79.9. The summed E-state index contributed by atoms with van der Waals surface area (Å²) < 4.78 is 46.2. The Labute approximate surface area is 180 Å². The first kappa shape index (κ1) is 21.7. The van der Waals surface area contributed by atoms with E-state index in [1.165, 1.54) is 12.1 Å². The van der Waals surface area contributed by atoms with Crippen molar-refractivity contribution in [2.75, 3.05) is 49.1 Å². The Morgan fingerprint density at radius 2 is 1.72 bits per heavy atom. The lowest BCUT2D eigenvalue weighted by Crippen LogP contribution is -2.36. The summed E-state index contributed by atoms with van der Waals surface area (Å²) >= 11 is 3.43. The maximum absolute atomic E-state index is 13.1. The van der Waals surface area contributed by atoms with E-state index >= 15 is 0 Å². The van der Waals surface area contributed by atoms with Crippen molar-refractivity contribution in [1.82, 2.24) is 0 Å². The van der Waals surface area contributed by atoms with Gasteiger partial charge < -0.3 is 19.1 Å². The predicted molar refractivity (Wildman–Crippen MR) is 117 cm³/mol. The quantitative estimate of drug-likeness (QED) is 0.612. The molecule has 1 fully saturated rings. The molecule has 1 heterocycles. The second-order valence-electron chi connectivity index (χ2n) is 6.34. The van der Waals surface area contributed by atoms with Crippen LogP contribution in [-0.4, -0.2) is 47.9 Å². The highest BCUT2D eigenvalue weighted by Gasteiger charge is 2.22. The molecule has 0 aliphatic carbocycles. The zero-order valence-corrected chi connectivity index (χ0v) is 18.9.